The number of hydrogen-bond acceptors (Lipinski definition) is 5. The first-order valence-electron chi connectivity index (χ1n) is 10.9. The molecule has 34 heavy (non-hydrogen) atoms. The Morgan fingerprint density at radius 2 is 1.56 bits per heavy atom. The number of alkyl halides is 3. The van der Waals surface area contributed by atoms with Crippen LogP contribution in [0, 0.1) is 0 Å². The van der Waals surface area contributed by atoms with Gasteiger partial charge >= 0.3 is 18.2 Å². The van der Waals surface area contributed by atoms with Gasteiger partial charge in [0.25, 0.3) is 0 Å². The Bertz CT molecular complexity index is 1080. The molecule has 0 aromatic heterocycles. The van der Waals surface area contributed by atoms with Crippen molar-refractivity contribution in [1.29, 1.82) is 0 Å². The Morgan fingerprint density at radius 1 is 0.941 bits per heavy atom. The van der Waals surface area contributed by atoms with E-state index < -0.39 is 35.4 Å². The van der Waals surface area contributed by atoms with Crippen molar-refractivity contribution in [3.63, 3.8) is 0 Å². The summed E-state index contributed by atoms with van der Waals surface area (Å²) >= 11 is 0. The number of para-hydroxylation sites is 2. The van der Waals surface area contributed by atoms with Gasteiger partial charge in [-0.05, 0) is 57.2 Å². The van der Waals surface area contributed by atoms with Crippen molar-refractivity contribution >= 4 is 29.1 Å². The number of carbonyl (C=O) groups excluding carboxylic acids is 1. The summed E-state index contributed by atoms with van der Waals surface area (Å²) in [5, 5.41) is 9.84. The first kappa shape index (κ1) is 23.7. The molecule has 0 radical (unpaired) electrons. The number of halogens is 3. The van der Waals surface area contributed by atoms with E-state index in [2.05, 4.69) is 0 Å². The Morgan fingerprint density at radius 3 is 2.12 bits per heavy atom. The van der Waals surface area contributed by atoms with Crippen LogP contribution in [-0.4, -0.2) is 59.4 Å². The molecule has 4 rings (SSSR count). The van der Waals surface area contributed by atoms with Gasteiger partial charge in [0.1, 0.15) is 11.6 Å². The van der Waals surface area contributed by atoms with Gasteiger partial charge < -0.3 is 19.6 Å². The summed E-state index contributed by atoms with van der Waals surface area (Å²) in [6.07, 6.45) is -5.14. The molecule has 1 amide bonds. The summed E-state index contributed by atoms with van der Waals surface area (Å²) in [6.45, 7) is 5.64. The van der Waals surface area contributed by atoms with Crippen LogP contribution in [0.2, 0.25) is 0 Å². The highest BCUT2D eigenvalue weighted by Gasteiger charge is 2.45. The third-order valence-electron chi connectivity index (χ3n) is 5.89. The maximum absolute atomic E-state index is 13.0. The van der Waals surface area contributed by atoms with E-state index in [9.17, 15) is 27.9 Å². The summed E-state index contributed by atoms with van der Waals surface area (Å²) in [4.78, 5) is 30.0. The van der Waals surface area contributed by atoms with Crippen LogP contribution in [-0.2, 0) is 15.7 Å². The number of benzene rings is 2. The second-order valence-electron chi connectivity index (χ2n) is 9.44. The molecule has 1 saturated heterocycles. The predicted octanol–water partition coefficient (Wildman–Crippen LogP) is 4.74. The molecule has 2 atom stereocenters. The zero-order valence-electron chi connectivity index (χ0n) is 19.0. The molecule has 2 heterocycles. The number of nitrogens with zero attached hydrogens (tertiary/aromatic N) is 3. The zero-order valence-corrected chi connectivity index (χ0v) is 19.0. The van der Waals surface area contributed by atoms with E-state index in [1.165, 1.54) is 17.0 Å². The van der Waals surface area contributed by atoms with Gasteiger partial charge in [-0.2, -0.15) is 13.2 Å². The van der Waals surface area contributed by atoms with Crippen molar-refractivity contribution < 1.29 is 32.6 Å². The van der Waals surface area contributed by atoms with Crippen molar-refractivity contribution in [2.75, 3.05) is 29.4 Å². The zero-order chi connectivity index (χ0) is 24.8. The molecule has 2 unspecified atom stereocenters. The van der Waals surface area contributed by atoms with E-state index in [4.69, 9.17) is 4.74 Å². The van der Waals surface area contributed by atoms with E-state index in [1.807, 2.05) is 34.1 Å². The maximum atomic E-state index is 13.0. The number of carboxylic acid groups (broad SMARTS) is 1. The van der Waals surface area contributed by atoms with Crippen LogP contribution in [0.4, 0.5) is 35.0 Å². The second-order valence-corrected chi connectivity index (χ2v) is 9.44. The number of rotatable bonds is 2. The third-order valence-corrected chi connectivity index (χ3v) is 5.89. The number of aliphatic carboxylic acids is 1. The van der Waals surface area contributed by atoms with Crippen molar-refractivity contribution in [1.82, 2.24) is 4.90 Å². The molecular formula is C24H26F3N3O4. The summed E-state index contributed by atoms with van der Waals surface area (Å²) in [7, 11) is 0. The standard InChI is InChI=1S/C24H26F3N3O4/c1-23(2,3)34-22(33)30-13-17-12-28(16-10-8-15(9-11-16)24(25,26)27)18-6-4-5-7-19(18)29(17)14-20(30)21(31)32/h4-11,17,20H,12-14H2,1-3H3,(H,31,32). The highest BCUT2D eigenvalue weighted by molar-refractivity contribution is 5.85. The lowest BCUT2D eigenvalue weighted by Gasteiger charge is -2.51. The summed E-state index contributed by atoms with van der Waals surface area (Å²) in [6, 6.07) is 10.9. The number of amides is 1. The Hall–Kier alpha value is -3.43. The number of fused-ring (bicyclic) bond motifs is 3. The van der Waals surface area contributed by atoms with E-state index in [1.54, 1.807) is 20.8 Å². The quantitative estimate of drug-likeness (QED) is 0.674. The average molecular weight is 477 g/mol. The summed E-state index contributed by atoms with van der Waals surface area (Å²) < 4.78 is 44.6. The largest absolute Gasteiger partial charge is 0.480 e. The van der Waals surface area contributed by atoms with E-state index in [0.717, 1.165) is 23.5 Å². The molecule has 2 aliphatic heterocycles. The van der Waals surface area contributed by atoms with Crippen LogP contribution >= 0.6 is 0 Å². The molecule has 0 spiro atoms. The minimum absolute atomic E-state index is 0.0666. The minimum atomic E-state index is -4.43. The van der Waals surface area contributed by atoms with Gasteiger partial charge in [-0.3, -0.25) is 4.90 Å². The number of hydrogen-bond donors (Lipinski definition) is 1. The fraction of sp³-hybridized carbons (Fsp3) is 0.417. The normalized spacial score (nSPS) is 20.5. The van der Waals surface area contributed by atoms with Crippen LogP contribution in [0.3, 0.4) is 0 Å². The Kier molecular flexibility index (Phi) is 5.87. The molecule has 0 aliphatic carbocycles. The van der Waals surface area contributed by atoms with Gasteiger partial charge in [-0.1, -0.05) is 12.1 Å². The highest BCUT2D eigenvalue weighted by Crippen LogP contribution is 2.42. The van der Waals surface area contributed by atoms with E-state index >= 15 is 0 Å². The minimum Gasteiger partial charge on any atom is -0.480 e. The number of carboxylic acids is 1. The van der Waals surface area contributed by atoms with E-state index in [0.29, 0.717) is 12.2 Å². The van der Waals surface area contributed by atoms with Crippen molar-refractivity contribution in [3.8, 4) is 0 Å². The molecule has 1 N–H and O–H groups in total. The fourth-order valence-corrected chi connectivity index (χ4v) is 4.39. The maximum Gasteiger partial charge on any atom is 0.416 e. The lowest BCUT2D eigenvalue weighted by molar-refractivity contribution is -0.143. The molecule has 10 heteroatoms. The van der Waals surface area contributed by atoms with Crippen molar-refractivity contribution in [3.05, 3.63) is 54.1 Å². The smallest absolute Gasteiger partial charge is 0.416 e. The Balaban J connectivity index is 1.69. The number of anilines is 3. The van der Waals surface area contributed by atoms with Crippen LogP contribution in [0.15, 0.2) is 48.5 Å². The SMILES string of the molecule is CC(C)(C)OC(=O)N1CC2CN(c3ccc(C(F)(F)F)cc3)c3ccccc3N2CC1C(=O)O. The molecular weight excluding hydrogens is 451 g/mol. The van der Waals surface area contributed by atoms with Gasteiger partial charge in [-0.15, -0.1) is 0 Å². The first-order valence-corrected chi connectivity index (χ1v) is 10.9. The molecule has 7 nitrogen and oxygen atoms in total. The molecule has 2 aliphatic rings. The van der Waals surface area contributed by atoms with Gasteiger partial charge in [0.15, 0.2) is 0 Å². The monoisotopic (exact) mass is 477 g/mol. The van der Waals surface area contributed by atoms with Gasteiger partial charge in [0.05, 0.1) is 23.0 Å². The second kappa shape index (κ2) is 8.41. The summed E-state index contributed by atoms with van der Waals surface area (Å²) in [5.41, 5.74) is 0.565. The average Bonchev–Trinajstić information content (AvgIpc) is 2.76. The molecule has 182 valence electrons. The van der Waals surface area contributed by atoms with E-state index in [-0.39, 0.29) is 19.1 Å². The van der Waals surface area contributed by atoms with Crippen molar-refractivity contribution in [2.45, 2.75) is 44.6 Å². The number of ether oxygens (including phenoxy) is 1. The molecule has 0 bridgehead atoms. The first-order chi connectivity index (χ1) is 15.8. The van der Waals surface area contributed by atoms with Crippen LogP contribution in [0.1, 0.15) is 26.3 Å². The molecule has 1 fully saturated rings. The number of carbonyl (C=O) groups is 2. The molecule has 2 aromatic carbocycles. The number of piperazine rings is 1. The Labute approximate surface area is 195 Å². The molecule has 2 aromatic rings. The third kappa shape index (κ3) is 4.62. The van der Waals surface area contributed by atoms with Crippen LogP contribution in [0.5, 0.6) is 0 Å². The molecule has 0 saturated carbocycles. The lowest BCUT2D eigenvalue weighted by atomic mass is 9.99. The van der Waals surface area contributed by atoms with Gasteiger partial charge in [-0.25, -0.2) is 9.59 Å². The van der Waals surface area contributed by atoms with Crippen molar-refractivity contribution in [2.24, 2.45) is 0 Å². The van der Waals surface area contributed by atoms with Gasteiger partial charge in [0.2, 0.25) is 0 Å². The van der Waals surface area contributed by atoms with Crippen LogP contribution in [0.25, 0.3) is 0 Å². The van der Waals surface area contributed by atoms with Crippen LogP contribution < -0.4 is 9.80 Å². The lowest BCUT2D eigenvalue weighted by Crippen LogP contribution is -2.66. The summed E-state index contributed by atoms with van der Waals surface area (Å²) in [5.74, 6) is -1.13. The topological polar surface area (TPSA) is 73.3 Å². The predicted molar refractivity (Wildman–Crippen MR) is 120 cm³/mol. The highest BCUT2D eigenvalue weighted by atomic mass is 19.4. The van der Waals surface area contributed by atoms with Gasteiger partial charge in [0, 0.05) is 25.3 Å². The fourth-order valence-electron chi connectivity index (χ4n) is 4.39.